The van der Waals surface area contributed by atoms with Crippen molar-refractivity contribution in [3.8, 4) is 5.19 Å². The maximum atomic E-state index is 12.9. The Kier molecular flexibility index (Phi) is 7.21. The van der Waals surface area contributed by atoms with Gasteiger partial charge < -0.3 is 10.1 Å². The van der Waals surface area contributed by atoms with Gasteiger partial charge in [0.05, 0.1) is 23.0 Å². The van der Waals surface area contributed by atoms with Crippen LogP contribution in [-0.2, 0) is 20.0 Å². The van der Waals surface area contributed by atoms with E-state index < -0.39 is 12.8 Å². The summed E-state index contributed by atoms with van der Waals surface area (Å²) in [6.45, 7) is 1.19. The third-order valence-corrected chi connectivity index (χ3v) is 8.29. The fourth-order valence-electron chi connectivity index (χ4n) is 5.22. The van der Waals surface area contributed by atoms with Crippen molar-refractivity contribution in [3.63, 3.8) is 0 Å². The van der Waals surface area contributed by atoms with Crippen LogP contribution in [0.25, 0.3) is 10.9 Å². The average molecular weight is 522 g/mol. The SMILES string of the molecule is Cn1ncc2c(C(=O)N[C@H]3CC[C@H](CCN4CCc5sc(OCC(F)(F)F)nc5C4)CC3)cccc21. The second-order valence-electron chi connectivity index (χ2n) is 9.77. The molecule has 0 atom stereocenters. The average Bonchev–Trinajstić information content (AvgIpc) is 3.44. The molecule has 1 aliphatic carbocycles. The molecule has 11 heteroatoms. The zero-order valence-corrected chi connectivity index (χ0v) is 21.0. The van der Waals surface area contributed by atoms with Gasteiger partial charge in [-0.05, 0) is 63.1 Å². The Hall–Kier alpha value is -2.66. The van der Waals surface area contributed by atoms with Crippen LogP contribution in [0, 0.1) is 5.92 Å². The highest BCUT2D eigenvalue weighted by molar-refractivity contribution is 7.13. The molecule has 1 aromatic carbocycles. The number of carbonyl (C=O) groups excluding carboxylic acids is 1. The van der Waals surface area contributed by atoms with E-state index in [4.69, 9.17) is 4.74 Å². The first kappa shape index (κ1) is 25.0. The van der Waals surface area contributed by atoms with Crippen LogP contribution < -0.4 is 10.1 Å². The Balaban J connectivity index is 1.06. The van der Waals surface area contributed by atoms with Gasteiger partial charge in [0.25, 0.3) is 11.1 Å². The first-order valence-corrected chi connectivity index (χ1v) is 13.2. The third-order valence-electron chi connectivity index (χ3n) is 7.22. The second kappa shape index (κ2) is 10.4. The van der Waals surface area contributed by atoms with Crippen molar-refractivity contribution in [1.29, 1.82) is 0 Å². The van der Waals surface area contributed by atoms with Gasteiger partial charge in [0, 0.05) is 36.4 Å². The Bertz CT molecular complexity index is 1220. The molecule has 0 saturated heterocycles. The van der Waals surface area contributed by atoms with Crippen LogP contribution >= 0.6 is 11.3 Å². The van der Waals surface area contributed by atoms with Crippen LogP contribution in [0.2, 0.25) is 0 Å². The summed E-state index contributed by atoms with van der Waals surface area (Å²) < 4.78 is 43.8. The molecule has 1 amide bonds. The number of halogens is 3. The molecule has 1 aliphatic heterocycles. The second-order valence-corrected chi connectivity index (χ2v) is 10.8. The van der Waals surface area contributed by atoms with Crippen molar-refractivity contribution >= 4 is 28.1 Å². The molecule has 0 bridgehead atoms. The Morgan fingerprint density at radius 1 is 1.25 bits per heavy atom. The number of ether oxygens (including phenoxy) is 1. The predicted molar refractivity (Wildman–Crippen MR) is 131 cm³/mol. The topological polar surface area (TPSA) is 72.3 Å². The van der Waals surface area contributed by atoms with Gasteiger partial charge >= 0.3 is 6.18 Å². The van der Waals surface area contributed by atoms with Crippen LogP contribution in [0.1, 0.15) is 53.0 Å². The van der Waals surface area contributed by atoms with Gasteiger partial charge in [-0.25, -0.2) is 4.98 Å². The van der Waals surface area contributed by atoms with Crippen molar-refractivity contribution < 1.29 is 22.7 Å². The van der Waals surface area contributed by atoms with Crippen LogP contribution in [-0.4, -0.2) is 57.5 Å². The standard InChI is InChI=1S/C25H30F3N5O2S/c1-32-21-4-2-3-18(19(21)13-29-32)23(34)30-17-7-5-16(6-8-17)9-11-33-12-10-22-20(14-33)31-24(36-22)35-15-25(26,27)28/h2-4,13,16-17H,5-12,14-15H2,1H3,(H,30,34)/t16-,17-. The molecule has 0 radical (unpaired) electrons. The minimum absolute atomic E-state index is 0.0389. The lowest BCUT2D eigenvalue weighted by Crippen LogP contribution is -2.38. The number of hydrogen-bond acceptors (Lipinski definition) is 6. The fraction of sp³-hybridized carbons (Fsp3) is 0.560. The van der Waals surface area contributed by atoms with Crippen LogP contribution in [0.4, 0.5) is 13.2 Å². The van der Waals surface area contributed by atoms with Gasteiger partial charge in [-0.1, -0.05) is 17.4 Å². The smallest absolute Gasteiger partial charge is 0.422 e. The molecule has 3 aromatic rings. The van der Waals surface area contributed by atoms with Gasteiger partial charge in [-0.3, -0.25) is 14.4 Å². The summed E-state index contributed by atoms with van der Waals surface area (Å²) in [5.74, 6) is 0.574. The van der Waals surface area contributed by atoms with E-state index in [-0.39, 0.29) is 17.1 Å². The molecule has 0 unspecified atom stereocenters. The maximum Gasteiger partial charge on any atom is 0.422 e. The summed E-state index contributed by atoms with van der Waals surface area (Å²) in [5.41, 5.74) is 2.46. The number of carbonyl (C=O) groups is 1. The molecule has 3 heterocycles. The van der Waals surface area contributed by atoms with Crippen LogP contribution in [0.15, 0.2) is 24.4 Å². The molecule has 2 aliphatic rings. The molecule has 1 N–H and O–H groups in total. The number of thiazole rings is 1. The van der Waals surface area contributed by atoms with Crippen molar-refractivity contribution in [2.75, 3.05) is 19.7 Å². The number of hydrogen-bond donors (Lipinski definition) is 1. The zero-order chi connectivity index (χ0) is 25.3. The Labute approximate surface area is 211 Å². The van der Waals surface area contributed by atoms with E-state index >= 15 is 0 Å². The molecular formula is C25H30F3N5O2S. The highest BCUT2D eigenvalue weighted by atomic mass is 32.1. The first-order valence-electron chi connectivity index (χ1n) is 12.4. The van der Waals surface area contributed by atoms with E-state index in [1.807, 2.05) is 25.2 Å². The molecule has 0 spiro atoms. The first-order chi connectivity index (χ1) is 17.2. The monoisotopic (exact) mass is 521 g/mol. The van der Waals surface area contributed by atoms with E-state index in [9.17, 15) is 18.0 Å². The number of benzene rings is 1. The Morgan fingerprint density at radius 3 is 2.83 bits per heavy atom. The molecule has 194 valence electrons. The third kappa shape index (κ3) is 5.83. The number of nitrogens with one attached hydrogen (secondary N) is 1. The van der Waals surface area contributed by atoms with Gasteiger partial charge in [-0.15, -0.1) is 0 Å². The summed E-state index contributed by atoms with van der Waals surface area (Å²) >= 11 is 1.23. The van der Waals surface area contributed by atoms with E-state index in [2.05, 4.69) is 20.3 Å². The highest BCUT2D eigenvalue weighted by Crippen LogP contribution is 2.32. The minimum Gasteiger partial charge on any atom is -0.460 e. The number of alkyl halides is 3. The lowest BCUT2D eigenvalue weighted by molar-refractivity contribution is -0.153. The van der Waals surface area contributed by atoms with Crippen molar-refractivity contribution in [3.05, 3.63) is 40.5 Å². The summed E-state index contributed by atoms with van der Waals surface area (Å²) in [5, 5.41) is 8.47. The van der Waals surface area contributed by atoms with Crippen molar-refractivity contribution in [1.82, 2.24) is 25.0 Å². The number of nitrogens with zero attached hydrogens (tertiary/aromatic N) is 4. The molecule has 1 fully saturated rings. The number of aromatic nitrogens is 3. The molecule has 2 aromatic heterocycles. The van der Waals surface area contributed by atoms with Crippen LogP contribution in [0.3, 0.4) is 0 Å². The van der Waals surface area contributed by atoms with E-state index in [0.717, 1.165) is 73.1 Å². The molecular weight excluding hydrogens is 491 g/mol. The fourth-order valence-corrected chi connectivity index (χ4v) is 6.13. The van der Waals surface area contributed by atoms with E-state index in [1.54, 1.807) is 10.9 Å². The highest BCUT2D eigenvalue weighted by Gasteiger charge is 2.30. The number of aryl methyl sites for hydroxylation is 1. The van der Waals surface area contributed by atoms with Gasteiger partial charge in [0.15, 0.2) is 6.61 Å². The maximum absolute atomic E-state index is 12.9. The summed E-state index contributed by atoms with van der Waals surface area (Å²) in [4.78, 5) is 20.6. The number of amides is 1. The Morgan fingerprint density at radius 2 is 2.06 bits per heavy atom. The largest absolute Gasteiger partial charge is 0.460 e. The van der Waals surface area contributed by atoms with Gasteiger partial charge in [0.2, 0.25) is 0 Å². The summed E-state index contributed by atoms with van der Waals surface area (Å²) in [6, 6.07) is 5.88. The van der Waals surface area contributed by atoms with E-state index in [0.29, 0.717) is 18.0 Å². The normalized spacial score (nSPS) is 20.9. The number of fused-ring (bicyclic) bond motifs is 2. The lowest BCUT2D eigenvalue weighted by Gasteiger charge is -2.32. The van der Waals surface area contributed by atoms with Gasteiger partial charge in [0.1, 0.15) is 0 Å². The zero-order valence-electron chi connectivity index (χ0n) is 20.2. The quantitative estimate of drug-likeness (QED) is 0.488. The molecule has 1 saturated carbocycles. The summed E-state index contributed by atoms with van der Waals surface area (Å²) in [7, 11) is 1.87. The lowest BCUT2D eigenvalue weighted by atomic mass is 9.84. The van der Waals surface area contributed by atoms with Crippen LogP contribution in [0.5, 0.6) is 5.19 Å². The molecule has 36 heavy (non-hydrogen) atoms. The van der Waals surface area contributed by atoms with Crippen molar-refractivity contribution in [2.24, 2.45) is 13.0 Å². The van der Waals surface area contributed by atoms with E-state index in [1.165, 1.54) is 11.3 Å². The van der Waals surface area contributed by atoms with Gasteiger partial charge in [-0.2, -0.15) is 18.3 Å². The van der Waals surface area contributed by atoms with Crippen molar-refractivity contribution in [2.45, 2.75) is 57.3 Å². The summed E-state index contributed by atoms with van der Waals surface area (Å²) in [6.07, 6.45) is 3.35. The minimum atomic E-state index is -4.35. The molecule has 7 nitrogen and oxygen atoms in total. The predicted octanol–water partition coefficient (Wildman–Crippen LogP) is 4.71. The number of rotatable bonds is 7. The molecule has 5 rings (SSSR count).